The third-order valence-corrected chi connectivity index (χ3v) is 3.33. The molecular weight excluding hydrogens is 369 g/mol. The van der Waals surface area contributed by atoms with Crippen LogP contribution in [-0.4, -0.2) is 43.2 Å². The second-order valence-corrected chi connectivity index (χ2v) is 5.15. The van der Waals surface area contributed by atoms with Gasteiger partial charge in [0.05, 0.1) is 27.5 Å². The van der Waals surface area contributed by atoms with Crippen LogP contribution in [0.25, 0.3) is 0 Å². The summed E-state index contributed by atoms with van der Waals surface area (Å²) >= 11 is 0. The molecule has 11 heteroatoms. The van der Waals surface area contributed by atoms with Crippen LogP contribution in [-0.2, 0) is 17.5 Å². The molecular formula is C16H17F3N4O4. The maximum absolute atomic E-state index is 12.5. The summed E-state index contributed by atoms with van der Waals surface area (Å²) in [4.78, 5) is 11.8. The molecule has 0 radical (unpaired) electrons. The first-order valence-corrected chi connectivity index (χ1v) is 7.51. The number of rotatable bonds is 7. The third-order valence-electron chi connectivity index (χ3n) is 3.33. The van der Waals surface area contributed by atoms with E-state index >= 15 is 0 Å². The molecule has 0 spiro atoms. The molecule has 0 bridgehead atoms. The quantitative estimate of drug-likeness (QED) is 0.582. The Kier molecular flexibility index (Phi) is 6.27. The maximum atomic E-state index is 12.5. The van der Waals surface area contributed by atoms with Gasteiger partial charge < -0.3 is 14.2 Å². The highest BCUT2D eigenvalue weighted by molar-refractivity contribution is 5.84. The van der Waals surface area contributed by atoms with E-state index in [0.717, 1.165) is 16.9 Å². The highest BCUT2D eigenvalue weighted by Crippen LogP contribution is 2.37. The normalized spacial score (nSPS) is 11.5. The fraction of sp³-hybridized carbons (Fsp3) is 0.312. The van der Waals surface area contributed by atoms with Crippen molar-refractivity contribution in [3.8, 4) is 17.2 Å². The van der Waals surface area contributed by atoms with Crippen LogP contribution < -0.4 is 19.6 Å². The molecule has 0 aliphatic rings. The molecule has 8 nitrogen and oxygen atoms in total. The SMILES string of the molecule is COc1cc(/C=N\NC(=O)Cn2ccc(C(F)(F)F)n2)cc(OC)c1OC. The third kappa shape index (κ3) is 5.12. The lowest BCUT2D eigenvalue weighted by molar-refractivity contribution is -0.141. The molecule has 146 valence electrons. The Labute approximate surface area is 152 Å². The van der Waals surface area contributed by atoms with E-state index in [2.05, 4.69) is 15.6 Å². The first kappa shape index (κ1) is 20.1. The summed E-state index contributed by atoms with van der Waals surface area (Å²) in [6.07, 6.45) is -2.18. The van der Waals surface area contributed by atoms with E-state index in [1.54, 1.807) is 12.1 Å². The number of benzene rings is 1. The van der Waals surface area contributed by atoms with Crippen LogP contribution in [0.2, 0.25) is 0 Å². The van der Waals surface area contributed by atoms with Gasteiger partial charge in [-0.15, -0.1) is 0 Å². The van der Waals surface area contributed by atoms with Gasteiger partial charge in [-0.25, -0.2) is 5.43 Å². The van der Waals surface area contributed by atoms with Crippen LogP contribution in [0.4, 0.5) is 13.2 Å². The van der Waals surface area contributed by atoms with E-state index in [1.165, 1.54) is 27.5 Å². The molecule has 1 aromatic heterocycles. The van der Waals surface area contributed by atoms with Crippen LogP contribution in [0.1, 0.15) is 11.3 Å². The molecule has 0 saturated carbocycles. The van der Waals surface area contributed by atoms with E-state index in [1.807, 2.05) is 0 Å². The van der Waals surface area contributed by atoms with Crippen molar-refractivity contribution in [3.63, 3.8) is 0 Å². The summed E-state index contributed by atoms with van der Waals surface area (Å²) in [7, 11) is 4.38. The highest BCUT2D eigenvalue weighted by Gasteiger charge is 2.33. The van der Waals surface area contributed by atoms with Crippen molar-refractivity contribution in [1.29, 1.82) is 0 Å². The lowest BCUT2D eigenvalue weighted by atomic mass is 10.2. The van der Waals surface area contributed by atoms with E-state index < -0.39 is 24.3 Å². The van der Waals surface area contributed by atoms with Gasteiger partial charge in [-0.05, 0) is 18.2 Å². The van der Waals surface area contributed by atoms with Gasteiger partial charge in [-0.3, -0.25) is 9.48 Å². The number of aromatic nitrogens is 2. The fourth-order valence-electron chi connectivity index (χ4n) is 2.14. The summed E-state index contributed by atoms with van der Waals surface area (Å²) in [6.45, 7) is -0.414. The lowest BCUT2D eigenvalue weighted by Gasteiger charge is -2.12. The summed E-state index contributed by atoms with van der Waals surface area (Å²) in [5, 5.41) is 7.04. The molecule has 27 heavy (non-hydrogen) atoms. The molecule has 0 aliphatic carbocycles. The van der Waals surface area contributed by atoms with Crippen molar-refractivity contribution in [2.75, 3.05) is 21.3 Å². The standard InChI is InChI=1S/C16H17F3N4O4/c1-25-11-6-10(7-12(26-2)15(11)27-3)8-20-21-14(24)9-23-5-4-13(22-23)16(17,18)19/h4-8H,9H2,1-3H3,(H,21,24)/b20-8-. The molecule has 1 aromatic carbocycles. The number of amides is 1. The van der Waals surface area contributed by atoms with Crippen molar-refractivity contribution >= 4 is 12.1 Å². The number of hydrogen-bond donors (Lipinski definition) is 1. The molecule has 1 N–H and O–H groups in total. The first-order chi connectivity index (χ1) is 12.8. The van der Waals surface area contributed by atoms with Crippen LogP contribution in [0, 0.1) is 0 Å². The van der Waals surface area contributed by atoms with Crippen LogP contribution in [0.3, 0.4) is 0 Å². The van der Waals surface area contributed by atoms with Crippen molar-refractivity contribution < 1.29 is 32.2 Å². The number of hydrazone groups is 1. The average Bonchev–Trinajstić information content (AvgIpc) is 3.09. The molecule has 0 saturated heterocycles. The van der Waals surface area contributed by atoms with E-state index in [4.69, 9.17) is 14.2 Å². The second kappa shape index (κ2) is 8.43. The number of nitrogens with zero attached hydrogens (tertiary/aromatic N) is 3. The summed E-state index contributed by atoms with van der Waals surface area (Å²) in [5.74, 6) is 0.567. The highest BCUT2D eigenvalue weighted by atomic mass is 19.4. The smallest absolute Gasteiger partial charge is 0.435 e. The van der Waals surface area contributed by atoms with Gasteiger partial charge in [0.2, 0.25) is 5.75 Å². The first-order valence-electron chi connectivity index (χ1n) is 7.51. The van der Waals surface area contributed by atoms with E-state index in [9.17, 15) is 18.0 Å². The molecule has 0 fully saturated rings. The van der Waals surface area contributed by atoms with E-state index in [-0.39, 0.29) is 0 Å². The second-order valence-electron chi connectivity index (χ2n) is 5.15. The van der Waals surface area contributed by atoms with Gasteiger partial charge in [0, 0.05) is 11.8 Å². The number of methoxy groups -OCH3 is 3. The van der Waals surface area contributed by atoms with Gasteiger partial charge in [-0.2, -0.15) is 23.4 Å². The van der Waals surface area contributed by atoms with E-state index in [0.29, 0.717) is 22.8 Å². The van der Waals surface area contributed by atoms with Gasteiger partial charge >= 0.3 is 6.18 Å². The number of ether oxygens (including phenoxy) is 3. The molecule has 0 aliphatic heterocycles. The lowest BCUT2D eigenvalue weighted by Crippen LogP contribution is -2.23. The minimum Gasteiger partial charge on any atom is -0.493 e. The summed E-state index contributed by atoms with van der Waals surface area (Å²) in [6, 6.07) is 4.01. The van der Waals surface area contributed by atoms with Crippen molar-refractivity contribution in [2.24, 2.45) is 5.10 Å². The van der Waals surface area contributed by atoms with Crippen LogP contribution in [0.5, 0.6) is 17.2 Å². The molecule has 1 heterocycles. The van der Waals surface area contributed by atoms with Gasteiger partial charge in [-0.1, -0.05) is 0 Å². The fourth-order valence-corrected chi connectivity index (χ4v) is 2.14. The monoisotopic (exact) mass is 386 g/mol. The predicted octanol–water partition coefficient (Wildman–Crippen LogP) is 2.08. The van der Waals surface area contributed by atoms with Gasteiger partial charge in [0.15, 0.2) is 17.2 Å². The average molecular weight is 386 g/mol. The molecule has 2 rings (SSSR count). The van der Waals surface area contributed by atoms with Crippen molar-refractivity contribution in [2.45, 2.75) is 12.7 Å². The maximum Gasteiger partial charge on any atom is 0.435 e. The Morgan fingerprint density at radius 2 is 1.85 bits per heavy atom. The Hall–Kier alpha value is -3.24. The number of nitrogens with one attached hydrogen (secondary N) is 1. The number of alkyl halides is 3. The van der Waals surface area contributed by atoms with Gasteiger partial charge in [0.25, 0.3) is 5.91 Å². The van der Waals surface area contributed by atoms with Crippen molar-refractivity contribution in [1.82, 2.24) is 15.2 Å². The minimum atomic E-state index is -4.56. The van der Waals surface area contributed by atoms with Crippen LogP contribution >= 0.6 is 0 Å². The zero-order valence-electron chi connectivity index (χ0n) is 14.7. The molecule has 0 atom stereocenters. The zero-order chi connectivity index (χ0) is 20.0. The van der Waals surface area contributed by atoms with Crippen LogP contribution in [0.15, 0.2) is 29.5 Å². The van der Waals surface area contributed by atoms with Gasteiger partial charge in [0.1, 0.15) is 6.54 Å². The summed E-state index contributed by atoms with van der Waals surface area (Å²) in [5.41, 5.74) is 1.68. The number of hydrogen-bond acceptors (Lipinski definition) is 6. The largest absolute Gasteiger partial charge is 0.493 e. The molecule has 2 aromatic rings. The molecule has 1 amide bonds. The molecule has 0 unspecified atom stereocenters. The predicted molar refractivity (Wildman–Crippen MR) is 89.1 cm³/mol. The number of carbonyl (C=O) groups is 1. The Balaban J connectivity index is 2.02. The Morgan fingerprint density at radius 3 is 2.33 bits per heavy atom. The minimum absolute atomic E-state index is 0.403. The number of halogens is 3. The summed E-state index contributed by atoms with van der Waals surface area (Å²) < 4.78 is 53.9. The topological polar surface area (TPSA) is 87.0 Å². The Morgan fingerprint density at radius 1 is 1.22 bits per heavy atom. The zero-order valence-corrected chi connectivity index (χ0v) is 14.7. The Bertz CT molecular complexity index is 808. The number of carbonyl (C=O) groups excluding carboxylic acids is 1. The van der Waals surface area contributed by atoms with Crippen molar-refractivity contribution in [3.05, 3.63) is 35.7 Å².